The van der Waals surface area contributed by atoms with Crippen LogP contribution in [-0.4, -0.2) is 30.8 Å². The van der Waals surface area contributed by atoms with Crippen molar-refractivity contribution in [2.75, 3.05) is 13.1 Å². The average Bonchev–Trinajstić information content (AvgIpc) is 2.70. The lowest BCUT2D eigenvalue weighted by molar-refractivity contribution is -0.831. The van der Waals surface area contributed by atoms with Crippen LogP contribution >= 0.6 is 67.8 Å². The SMILES string of the molecule is CC(C)(C)OC(=O)[NH+]1CCC(c2ccc(OC(=O)c3c(I)ccc(I)c3I)cc2)CC1. The maximum Gasteiger partial charge on any atom is 0.514 e. The van der Waals surface area contributed by atoms with E-state index >= 15 is 0 Å². The summed E-state index contributed by atoms with van der Waals surface area (Å²) < 4.78 is 14.0. The van der Waals surface area contributed by atoms with E-state index in [0.717, 1.165) is 41.5 Å². The average molecular weight is 760 g/mol. The number of piperidine rings is 1. The van der Waals surface area contributed by atoms with Crippen molar-refractivity contribution in [1.29, 1.82) is 0 Å². The molecule has 2 aromatic rings. The highest BCUT2D eigenvalue weighted by Gasteiger charge is 2.32. The molecule has 1 aliphatic heterocycles. The molecule has 1 fully saturated rings. The highest BCUT2D eigenvalue weighted by Crippen LogP contribution is 2.28. The molecule has 1 heterocycles. The number of esters is 1. The number of quaternary nitrogens is 1. The van der Waals surface area contributed by atoms with Gasteiger partial charge in [-0.15, -0.1) is 0 Å². The van der Waals surface area contributed by atoms with Crippen molar-refractivity contribution in [3.63, 3.8) is 0 Å². The Bertz CT molecular complexity index is 962. The smallest absolute Gasteiger partial charge is 0.423 e. The third-order valence-electron chi connectivity index (χ3n) is 5.09. The fourth-order valence-corrected chi connectivity index (χ4v) is 5.86. The molecule has 166 valence electrons. The van der Waals surface area contributed by atoms with Crippen LogP contribution in [0.25, 0.3) is 0 Å². The highest BCUT2D eigenvalue weighted by molar-refractivity contribution is 14.1. The number of benzene rings is 2. The predicted octanol–water partition coefficient (Wildman–Crippen LogP) is 5.42. The summed E-state index contributed by atoms with van der Waals surface area (Å²) in [6.07, 6.45) is 1.69. The first-order valence-corrected chi connectivity index (χ1v) is 13.3. The van der Waals surface area contributed by atoms with Crippen molar-refractivity contribution in [3.8, 4) is 5.75 Å². The number of hydrogen-bond acceptors (Lipinski definition) is 4. The Morgan fingerprint density at radius 1 is 0.935 bits per heavy atom. The third kappa shape index (κ3) is 6.76. The number of likely N-dealkylation sites (tertiary alicyclic amines) is 1. The Hall–Kier alpha value is -0.470. The molecule has 0 saturated carbocycles. The maximum absolute atomic E-state index is 12.7. The number of carbonyl (C=O) groups is 2. The molecule has 2 aromatic carbocycles. The zero-order chi connectivity index (χ0) is 22.8. The Morgan fingerprint density at radius 3 is 2.10 bits per heavy atom. The molecule has 1 aliphatic rings. The molecule has 1 saturated heterocycles. The maximum atomic E-state index is 12.7. The topological polar surface area (TPSA) is 57.0 Å². The van der Waals surface area contributed by atoms with Gasteiger partial charge in [-0.3, -0.25) is 0 Å². The molecule has 31 heavy (non-hydrogen) atoms. The second kappa shape index (κ2) is 10.6. The van der Waals surface area contributed by atoms with Crippen LogP contribution in [0.1, 0.15) is 55.5 Å². The van der Waals surface area contributed by atoms with Gasteiger partial charge in [-0.05, 0) is 124 Å². The summed E-state index contributed by atoms with van der Waals surface area (Å²) in [6, 6.07) is 11.7. The van der Waals surface area contributed by atoms with Gasteiger partial charge in [-0.2, -0.15) is 4.79 Å². The lowest BCUT2D eigenvalue weighted by Crippen LogP contribution is -3.15. The fraction of sp³-hybridized carbons (Fsp3) is 0.391. The van der Waals surface area contributed by atoms with Crippen molar-refractivity contribution in [1.82, 2.24) is 0 Å². The van der Waals surface area contributed by atoms with Gasteiger partial charge in [0, 0.05) is 23.6 Å². The summed E-state index contributed by atoms with van der Waals surface area (Å²) >= 11 is 6.57. The highest BCUT2D eigenvalue weighted by atomic mass is 127. The van der Waals surface area contributed by atoms with E-state index in [9.17, 15) is 9.59 Å². The summed E-state index contributed by atoms with van der Waals surface area (Å²) in [6.45, 7) is 7.21. The van der Waals surface area contributed by atoms with E-state index in [0.29, 0.717) is 17.2 Å². The van der Waals surface area contributed by atoms with E-state index < -0.39 is 5.60 Å². The Balaban J connectivity index is 1.60. The molecule has 5 nitrogen and oxygen atoms in total. The summed E-state index contributed by atoms with van der Waals surface area (Å²) in [5.41, 5.74) is 1.36. The van der Waals surface area contributed by atoms with Gasteiger partial charge in [0.1, 0.15) is 11.4 Å². The number of ether oxygens (including phenoxy) is 2. The van der Waals surface area contributed by atoms with E-state index in [4.69, 9.17) is 9.47 Å². The molecule has 0 unspecified atom stereocenters. The van der Waals surface area contributed by atoms with Crippen LogP contribution in [-0.2, 0) is 4.74 Å². The van der Waals surface area contributed by atoms with Crippen molar-refractivity contribution in [2.45, 2.75) is 45.1 Å². The largest absolute Gasteiger partial charge is 0.514 e. The molecule has 0 atom stereocenters. The zero-order valence-corrected chi connectivity index (χ0v) is 24.1. The first-order valence-electron chi connectivity index (χ1n) is 10.1. The minimum absolute atomic E-state index is 0.159. The monoisotopic (exact) mass is 760 g/mol. The summed E-state index contributed by atoms with van der Waals surface area (Å²) in [4.78, 5) is 25.9. The second-order valence-electron chi connectivity index (χ2n) is 8.56. The number of alkyl carbamates (subject to hydrolysis) is 2. The standard InChI is InChI=1S/C23H24I3NO4/c1-23(2,3)31-22(29)27-12-10-15(11-13-27)14-4-6-16(7-5-14)30-21(28)19-17(24)8-9-18(25)20(19)26/h4-9,15H,10-13H2,1-3H3/p+1. The first-order chi connectivity index (χ1) is 14.5. The number of hydrogen-bond donors (Lipinski definition) is 1. The van der Waals surface area contributed by atoms with Crippen molar-refractivity contribution in [3.05, 3.63) is 58.2 Å². The van der Waals surface area contributed by atoms with Gasteiger partial charge < -0.3 is 9.47 Å². The predicted molar refractivity (Wildman–Crippen MR) is 145 cm³/mol. The Morgan fingerprint density at radius 2 is 1.52 bits per heavy atom. The van der Waals surface area contributed by atoms with Crippen molar-refractivity contribution < 1.29 is 24.0 Å². The molecule has 0 bridgehead atoms. The molecule has 0 spiro atoms. The fourth-order valence-electron chi connectivity index (χ4n) is 3.53. The molecular formula is C23H25I3NO4+. The van der Waals surface area contributed by atoms with E-state index in [1.54, 1.807) is 0 Å². The van der Waals surface area contributed by atoms with Crippen LogP contribution in [0.15, 0.2) is 36.4 Å². The molecule has 0 aromatic heterocycles. The van der Waals surface area contributed by atoms with E-state index in [2.05, 4.69) is 67.8 Å². The lowest BCUT2D eigenvalue weighted by atomic mass is 9.89. The van der Waals surface area contributed by atoms with Crippen molar-refractivity contribution >= 4 is 79.8 Å². The van der Waals surface area contributed by atoms with E-state index in [-0.39, 0.29) is 12.1 Å². The summed E-state index contributed by atoms with van der Waals surface area (Å²) in [5.74, 6) is 0.596. The van der Waals surface area contributed by atoms with Crippen LogP contribution in [0, 0.1) is 10.7 Å². The molecular weight excluding hydrogens is 735 g/mol. The van der Waals surface area contributed by atoms with E-state index in [1.807, 2.05) is 57.2 Å². The minimum Gasteiger partial charge on any atom is -0.423 e. The Labute approximate surface area is 224 Å². The van der Waals surface area contributed by atoms with Crippen LogP contribution < -0.4 is 9.64 Å². The van der Waals surface area contributed by atoms with Gasteiger partial charge in [0.25, 0.3) is 0 Å². The number of rotatable bonds is 3. The number of carbonyl (C=O) groups excluding carboxylic acids is 2. The van der Waals surface area contributed by atoms with Gasteiger partial charge in [0.2, 0.25) is 0 Å². The zero-order valence-electron chi connectivity index (χ0n) is 17.6. The van der Waals surface area contributed by atoms with Gasteiger partial charge in [0.05, 0.1) is 18.7 Å². The van der Waals surface area contributed by atoms with Crippen LogP contribution in [0.2, 0.25) is 0 Å². The quantitative estimate of drug-likeness (QED) is 0.197. The first kappa shape index (κ1) is 25.2. The van der Waals surface area contributed by atoms with Crippen LogP contribution in [0.4, 0.5) is 4.79 Å². The summed E-state index contributed by atoms with van der Waals surface area (Å²) in [7, 11) is 0. The number of nitrogens with one attached hydrogen (secondary N) is 1. The van der Waals surface area contributed by atoms with Gasteiger partial charge >= 0.3 is 12.1 Å². The molecule has 0 radical (unpaired) electrons. The van der Waals surface area contributed by atoms with E-state index in [1.165, 1.54) is 5.56 Å². The Kier molecular flexibility index (Phi) is 8.63. The molecule has 1 amide bonds. The second-order valence-corrected chi connectivity index (χ2v) is 12.0. The number of halogens is 3. The van der Waals surface area contributed by atoms with Gasteiger partial charge in [-0.25, -0.2) is 9.69 Å². The van der Waals surface area contributed by atoms with Crippen LogP contribution in [0.5, 0.6) is 5.75 Å². The normalized spacial score (nSPS) is 19.0. The summed E-state index contributed by atoms with van der Waals surface area (Å²) in [5, 5.41) is 0. The lowest BCUT2D eigenvalue weighted by Gasteiger charge is -2.29. The van der Waals surface area contributed by atoms with Crippen LogP contribution in [0.3, 0.4) is 0 Å². The number of amides is 1. The molecule has 0 aliphatic carbocycles. The van der Waals surface area contributed by atoms with Gasteiger partial charge in [0.15, 0.2) is 0 Å². The molecule has 8 heteroatoms. The van der Waals surface area contributed by atoms with Gasteiger partial charge in [-0.1, -0.05) is 12.1 Å². The third-order valence-corrected chi connectivity index (χ3v) is 9.04. The molecule has 3 rings (SSSR count). The molecule has 1 N–H and O–H groups in total. The minimum atomic E-state index is -0.456. The van der Waals surface area contributed by atoms with Crippen molar-refractivity contribution in [2.24, 2.45) is 0 Å².